The Morgan fingerprint density at radius 1 is 1.53 bits per heavy atom. The molecule has 0 bridgehead atoms. The van der Waals surface area contributed by atoms with Gasteiger partial charge in [0.25, 0.3) is 5.91 Å². The monoisotopic (exact) mass is 303 g/mol. The van der Waals surface area contributed by atoms with E-state index in [1.807, 2.05) is 0 Å². The van der Waals surface area contributed by atoms with Gasteiger partial charge in [0.1, 0.15) is 0 Å². The standard InChI is InChI=1S/C12H17N3O2S.ClH/c1-7-4-9(2-3-14-7)15-12(17)10-5-8(6-18-10)11(13)16;/h5-7,9,14H,2-4H2,1H3,(H2,13,16)(H,15,17);1H. The summed E-state index contributed by atoms with van der Waals surface area (Å²) in [5.74, 6) is -0.618. The van der Waals surface area contributed by atoms with Crippen molar-refractivity contribution in [3.63, 3.8) is 0 Å². The van der Waals surface area contributed by atoms with Crippen LogP contribution in [0.15, 0.2) is 11.4 Å². The normalized spacial score (nSPS) is 22.4. The molecule has 1 aromatic rings. The van der Waals surface area contributed by atoms with Crippen LogP contribution in [0.1, 0.15) is 39.8 Å². The van der Waals surface area contributed by atoms with E-state index in [-0.39, 0.29) is 24.4 Å². The van der Waals surface area contributed by atoms with Crippen LogP contribution in [0.3, 0.4) is 0 Å². The number of hydrogen-bond donors (Lipinski definition) is 3. The molecule has 0 radical (unpaired) electrons. The van der Waals surface area contributed by atoms with Gasteiger partial charge in [-0.1, -0.05) is 0 Å². The smallest absolute Gasteiger partial charge is 0.261 e. The molecule has 1 aliphatic rings. The summed E-state index contributed by atoms with van der Waals surface area (Å²) in [7, 11) is 0. The molecule has 0 spiro atoms. The van der Waals surface area contributed by atoms with Gasteiger partial charge in [-0.3, -0.25) is 9.59 Å². The Balaban J connectivity index is 0.00000180. The van der Waals surface area contributed by atoms with Gasteiger partial charge in [0.2, 0.25) is 5.91 Å². The molecule has 2 rings (SSSR count). The van der Waals surface area contributed by atoms with Crippen molar-refractivity contribution in [1.82, 2.24) is 10.6 Å². The van der Waals surface area contributed by atoms with Gasteiger partial charge in [-0.15, -0.1) is 23.7 Å². The zero-order valence-electron chi connectivity index (χ0n) is 10.6. The summed E-state index contributed by atoms with van der Waals surface area (Å²) < 4.78 is 0. The van der Waals surface area contributed by atoms with Gasteiger partial charge in [-0.2, -0.15) is 0 Å². The summed E-state index contributed by atoms with van der Waals surface area (Å²) in [5, 5.41) is 7.94. The predicted molar refractivity (Wildman–Crippen MR) is 78.0 cm³/mol. The first-order chi connectivity index (χ1) is 8.56. The van der Waals surface area contributed by atoms with Crippen molar-refractivity contribution >= 4 is 35.6 Å². The molecule has 1 fully saturated rings. The molecule has 0 saturated carbocycles. The van der Waals surface area contributed by atoms with E-state index in [1.165, 1.54) is 11.3 Å². The van der Waals surface area contributed by atoms with Crippen LogP contribution in [0.5, 0.6) is 0 Å². The van der Waals surface area contributed by atoms with Crippen LogP contribution in [-0.2, 0) is 0 Å². The number of rotatable bonds is 3. The minimum atomic E-state index is -0.499. The van der Waals surface area contributed by atoms with E-state index in [9.17, 15) is 9.59 Å². The minimum absolute atomic E-state index is 0. The van der Waals surface area contributed by atoms with Crippen LogP contribution in [0.2, 0.25) is 0 Å². The molecular formula is C12H18ClN3O2S. The minimum Gasteiger partial charge on any atom is -0.366 e. The molecule has 106 valence electrons. The first-order valence-corrected chi connectivity index (χ1v) is 6.87. The van der Waals surface area contributed by atoms with E-state index in [2.05, 4.69) is 17.6 Å². The summed E-state index contributed by atoms with van der Waals surface area (Å²) in [6, 6.07) is 2.17. The molecule has 0 aromatic carbocycles. The summed E-state index contributed by atoms with van der Waals surface area (Å²) in [4.78, 5) is 23.5. The fraction of sp³-hybridized carbons (Fsp3) is 0.500. The number of nitrogens with two attached hydrogens (primary N) is 1. The number of halogens is 1. The van der Waals surface area contributed by atoms with Crippen LogP contribution in [-0.4, -0.2) is 30.4 Å². The third kappa shape index (κ3) is 4.19. The topological polar surface area (TPSA) is 84.2 Å². The first kappa shape index (κ1) is 15.9. The van der Waals surface area contributed by atoms with E-state index >= 15 is 0 Å². The largest absolute Gasteiger partial charge is 0.366 e. The molecule has 5 nitrogen and oxygen atoms in total. The Morgan fingerprint density at radius 2 is 2.26 bits per heavy atom. The Kier molecular flexibility index (Phi) is 5.78. The van der Waals surface area contributed by atoms with E-state index in [0.29, 0.717) is 16.5 Å². The molecule has 7 heteroatoms. The number of carbonyl (C=O) groups excluding carboxylic acids is 2. The van der Waals surface area contributed by atoms with Crippen molar-refractivity contribution < 1.29 is 9.59 Å². The lowest BCUT2D eigenvalue weighted by molar-refractivity contribution is 0.0929. The number of nitrogens with one attached hydrogen (secondary N) is 2. The summed E-state index contributed by atoms with van der Waals surface area (Å²) >= 11 is 1.25. The molecule has 2 amide bonds. The maximum Gasteiger partial charge on any atom is 0.261 e. The van der Waals surface area contributed by atoms with Gasteiger partial charge in [-0.05, 0) is 32.4 Å². The van der Waals surface area contributed by atoms with Crippen LogP contribution in [0.4, 0.5) is 0 Å². The Hall–Kier alpha value is -1.11. The summed E-state index contributed by atoms with van der Waals surface area (Å²) in [6.45, 7) is 3.03. The maximum absolute atomic E-state index is 12.0. The van der Waals surface area contributed by atoms with Crippen molar-refractivity contribution in [2.24, 2.45) is 5.73 Å². The van der Waals surface area contributed by atoms with Crippen LogP contribution < -0.4 is 16.4 Å². The highest BCUT2D eigenvalue weighted by atomic mass is 35.5. The molecule has 1 saturated heterocycles. The molecule has 1 aromatic heterocycles. The van der Waals surface area contributed by atoms with Gasteiger partial charge in [0.15, 0.2) is 0 Å². The maximum atomic E-state index is 12.0. The van der Waals surface area contributed by atoms with Crippen LogP contribution in [0.25, 0.3) is 0 Å². The predicted octanol–water partition coefficient (Wildman–Crippen LogP) is 1.14. The lowest BCUT2D eigenvalue weighted by Crippen LogP contribution is -2.46. The number of primary amides is 1. The highest BCUT2D eigenvalue weighted by molar-refractivity contribution is 7.12. The average Bonchev–Trinajstić information content (AvgIpc) is 2.78. The van der Waals surface area contributed by atoms with Gasteiger partial charge in [-0.25, -0.2) is 0 Å². The number of hydrogen-bond acceptors (Lipinski definition) is 4. The van der Waals surface area contributed by atoms with E-state index in [1.54, 1.807) is 11.4 Å². The second-order valence-electron chi connectivity index (χ2n) is 4.61. The fourth-order valence-electron chi connectivity index (χ4n) is 2.10. The van der Waals surface area contributed by atoms with Gasteiger partial charge in [0, 0.05) is 17.5 Å². The van der Waals surface area contributed by atoms with E-state index in [4.69, 9.17) is 5.73 Å². The number of thiophene rings is 1. The van der Waals surface area contributed by atoms with Crippen molar-refractivity contribution in [1.29, 1.82) is 0 Å². The molecule has 4 N–H and O–H groups in total. The first-order valence-electron chi connectivity index (χ1n) is 5.99. The Morgan fingerprint density at radius 3 is 2.84 bits per heavy atom. The highest BCUT2D eigenvalue weighted by Gasteiger charge is 2.21. The van der Waals surface area contributed by atoms with Crippen molar-refractivity contribution in [3.05, 3.63) is 21.9 Å². The zero-order chi connectivity index (χ0) is 13.1. The van der Waals surface area contributed by atoms with Gasteiger partial charge in [0.05, 0.1) is 10.4 Å². The van der Waals surface area contributed by atoms with Gasteiger partial charge < -0.3 is 16.4 Å². The SMILES string of the molecule is CC1CC(NC(=O)c2cc(C(N)=O)cs2)CCN1.Cl. The summed E-state index contributed by atoms with van der Waals surface area (Å²) in [5.41, 5.74) is 5.55. The van der Waals surface area contributed by atoms with E-state index in [0.717, 1.165) is 19.4 Å². The second-order valence-corrected chi connectivity index (χ2v) is 5.53. The lowest BCUT2D eigenvalue weighted by atomic mass is 10.0. The number of carbonyl (C=O) groups is 2. The quantitative estimate of drug-likeness (QED) is 0.783. The van der Waals surface area contributed by atoms with Crippen molar-refractivity contribution in [2.45, 2.75) is 31.8 Å². The van der Waals surface area contributed by atoms with Crippen LogP contribution >= 0.6 is 23.7 Å². The van der Waals surface area contributed by atoms with E-state index < -0.39 is 5.91 Å². The molecule has 2 unspecified atom stereocenters. The highest BCUT2D eigenvalue weighted by Crippen LogP contribution is 2.15. The third-order valence-corrected chi connectivity index (χ3v) is 4.00. The second kappa shape index (κ2) is 6.88. The van der Waals surface area contributed by atoms with Crippen LogP contribution in [0, 0.1) is 0 Å². The van der Waals surface area contributed by atoms with Crippen molar-refractivity contribution in [2.75, 3.05) is 6.54 Å². The fourth-order valence-corrected chi connectivity index (χ4v) is 2.90. The molecular weight excluding hydrogens is 286 g/mol. The molecule has 19 heavy (non-hydrogen) atoms. The number of amides is 2. The summed E-state index contributed by atoms with van der Waals surface area (Å²) in [6.07, 6.45) is 1.87. The Bertz CT molecular complexity index is 464. The Labute approximate surface area is 122 Å². The third-order valence-electron chi connectivity index (χ3n) is 3.07. The lowest BCUT2D eigenvalue weighted by Gasteiger charge is -2.28. The zero-order valence-corrected chi connectivity index (χ0v) is 12.3. The number of piperidine rings is 1. The molecule has 0 aliphatic carbocycles. The molecule has 2 atom stereocenters. The van der Waals surface area contributed by atoms with Gasteiger partial charge >= 0.3 is 0 Å². The molecule has 2 heterocycles. The molecule has 1 aliphatic heterocycles. The van der Waals surface area contributed by atoms with Crippen molar-refractivity contribution in [3.8, 4) is 0 Å². The average molecular weight is 304 g/mol.